The highest BCUT2D eigenvalue weighted by Gasteiger charge is 2.87. The van der Waals surface area contributed by atoms with Gasteiger partial charge in [0.2, 0.25) is 0 Å². The van der Waals surface area contributed by atoms with Gasteiger partial charge in [0, 0.05) is 30.2 Å². The molecule has 11 heteroatoms. The lowest BCUT2D eigenvalue weighted by atomic mass is 9.52. The predicted octanol–water partition coefficient (Wildman–Crippen LogP) is 2.59. The van der Waals surface area contributed by atoms with E-state index in [9.17, 15) is 30.0 Å². The van der Waals surface area contributed by atoms with E-state index in [4.69, 9.17) is 23.7 Å². The molecular weight excluding hydrogens is 608 g/mol. The molecule has 0 aromatic heterocycles. The Hall–Kier alpha value is -3.16. The quantitative estimate of drug-likeness (QED) is 0.278. The lowest BCUT2D eigenvalue weighted by molar-refractivity contribution is -0.447. The van der Waals surface area contributed by atoms with Crippen molar-refractivity contribution >= 4 is 11.9 Å². The Morgan fingerprint density at radius 2 is 1.53 bits per heavy atom. The van der Waals surface area contributed by atoms with Crippen molar-refractivity contribution in [2.24, 2.45) is 23.7 Å². The maximum absolute atomic E-state index is 13.8. The molecule has 0 amide bonds. The van der Waals surface area contributed by atoms with Gasteiger partial charge < -0.3 is 44.1 Å². The van der Waals surface area contributed by atoms with Crippen LogP contribution < -0.4 is 0 Å². The highest BCUT2D eigenvalue weighted by atomic mass is 16.9. The minimum absolute atomic E-state index is 0.135. The maximum atomic E-state index is 13.8. The SMILES string of the molecule is C=C(C)C12OC3(c4ccccc4)OC1C1C(O)C(C)(O)C(OC(C)=O)C4(O)C(O)C(C)CC4C1(O3)C(C)C2OC(=O)c1ccccc1. The fourth-order valence-corrected chi connectivity index (χ4v) is 9.69. The van der Waals surface area contributed by atoms with Crippen molar-refractivity contribution < 1.29 is 53.7 Å². The molecule has 11 nitrogen and oxygen atoms in total. The molecule has 14 atom stereocenters. The van der Waals surface area contributed by atoms with Crippen molar-refractivity contribution in [2.75, 3.05) is 0 Å². The second-order valence-electron chi connectivity index (χ2n) is 14.4. The molecule has 3 aliphatic carbocycles. The van der Waals surface area contributed by atoms with E-state index in [1.165, 1.54) is 6.92 Å². The second-order valence-corrected chi connectivity index (χ2v) is 14.4. The molecule has 0 radical (unpaired) electrons. The normalized spacial score (nSPS) is 47.8. The van der Waals surface area contributed by atoms with Crippen molar-refractivity contribution in [3.63, 3.8) is 0 Å². The summed E-state index contributed by atoms with van der Waals surface area (Å²) in [7, 11) is 0. The summed E-state index contributed by atoms with van der Waals surface area (Å²) in [6.45, 7) is 11.9. The molecule has 2 saturated heterocycles. The van der Waals surface area contributed by atoms with Crippen LogP contribution in [0.4, 0.5) is 0 Å². The van der Waals surface area contributed by atoms with E-state index in [-0.39, 0.29) is 12.0 Å². The summed E-state index contributed by atoms with van der Waals surface area (Å²) in [5.41, 5.74) is -6.81. The van der Waals surface area contributed by atoms with E-state index >= 15 is 0 Å². The molecule has 2 aliphatic heterocycles. The summed E-state index contributed by atoms with van der Waals surface area (Å²) in [5.74, 6) is -7.10. The minimum atomic E-state index is -2.33. The molecule has 7 rings (SSSR count). The van der Waals surface area contributed by atoms with Crippen molar-refractivity contribution in [3.05, 3.63) is 83.9 Å². The van der Waals surface area contributed by atoms with Crippen LogP contribution in [0.1, 0.15) is 57.0 Å². The van der Waals surface area contributed by atoms with Gasteiger partial charge in [0.15, 0.2) is 11.7 Å². The third kappa shape index (κ3) is 3.99. The first kappa shape index (κ1) is 32.4. The van der Waals surface area contributed by atoms with Gasteiger partial charge in [-0.05, 0) is 43.9 Å². The first-order chi connectivity index (χ1) is 22.1. The third-order valence-corrected chi connectivity index (χ3v) is 11.7. The average Bonchev–Trinajstić information content (AvgIpc) is 3.42. The van der Waals surface area contributed by atoms with Gasteiger partial charge >= 0.3 is 17.9 Å². The van der Waals surface area contributed by atoms with E-state index in [1.807, 2.05) is 6.07 Å². The van der Waals surface area contributed by atoms with Gasteiger partial charge in [0.05, 0.1) is 23.4 Å². The molecule has 4 N–H and O–H groups in total. The summed E-state index contributed by atoms with van der Waals surface area (Å²) in [6.07, 6.45) is -7.23. The summed E-state index contributed by atoms with van der Waals surface area (Å²) >= 11 is 0. The second kappa shape index (κ2) is 10.4. The number of benzene rings is 2. The Morgan fingerprint density at radius 1 is 0.915 bits per heavy atom. The Labute approximate surface area is 273 Å². The van der Waals surface area contributed by atoms with E-state index in [2.05, 4.69) is 6.58 Å². The molecule has 252 valence electrons. The number of aliphatic hydroxyl groups excluding tert-OH is 2. The maximum Gasteiger partial charge on any atom is 0.338 e. The molecule has 2 aromatic rings. The zero-order valence-corrected chi connectivity index (χ0v) is 27.0. The lowest BCUT2D eigenvalue weighted by Crippen LogP contribution is -2.77. The molecule has 47 heavy (non-hydrogen) atoms. The Kier molecular flexibility index (Phi) is 7.18. The smallest absolute Gasteiger partial charge is 0.338 e. The van der Waals surface area contributed by atoms with Crippen LogP contribution in [0, 0.1) is 23.7 Å². The number of carbonyl (C=O) groups excluding carboxylic acids is 2. The third-order valence-electron chi connectivity index (χ3n) is 11.7. The first-order valence-electron chi connectivity index (χ1n) is 16.1. The number of fused-ring (bicyclic) bond motifs is 2. The number of hydrogen-bond donors (Lipinski definition) is 4. The minimum Gasteiger partial charge on any atom is -0.456 e. The standard InChI is InChI=1S/C36H42O11/c1-18(2)34-28(44-30(40)22-13-9-7-10-14-22)20(4)35-24-17-19(3)26(38)33(24,42)31(43-21(5)37)32(6,41)27(39)25(35)29(34)45-36(46-34,47-35)23-15-11-8-12-16-23/h7-16,19-20,24-29,31,38-39,41-42H,1,17H2,2-6H3. The summed E-state index contributed by atoms with van der Waals surface area (Å²) in [6, 6.07) is 17.3. The zero-order chi connectivity index (χ0) is 33.9. The number of ether oxygens (including phenoxy) is 5. The number of hydrogen-bond acceptors (Lipinski definition) is 11. The summed E-state index contributed by atoms with van der Waals surface area (Å²) in [4.78, 5) is 26.4. The van der Waals surface area contributed by atoms with Crippen LogP contribution in [0.3, 0.4) is 0 Å². The molecule has 2 heterocycles. The molecule has 0 spiro atoms. The van der Waals surface area contributed by atoms with Crippen LogP contribution in [0.25, 0.3) is 0 Å². The van der Waals surface area contributed by atoms with Crippen LogP contribution >= 0.6 is 0 Å². The van der Waals surface area contributed by atoms with Crippen molar-refractivity contribution in [2.45, 2.75) is 99.9 Å². The van der Waals surface area contributed by atoms with Crippen molar-refractivity contribution in [1.29, 1.82) is 0 Å². The van der Waals surface area contributed by atoms with Crippen LogP contribution in [-0.2, 0) is 34.5 Å². The van der Waals surface area contributed by atoms with Gasteiger partial charge in [-0.15, -0.1) is 0 Å². The van der Waals surface area contributed by atoms with Crippen molar-refractivity contribution in [3.8, 4) is 0 Å². The number of carbonyl (C=O) groups is 2. The number of rotatable bonds is 5. The van der Waals surface area contributed by atoms with Crippen LogP contribution in [0.2, 0.25) is 0 Å². The Bertz CT molecular complexity index is 1600. The van der Waals surface area contributed by atoms with E-state index in [1.54, 1.807) is 75.4 Å². The lowest BCUT2D eigenvalue weighted by Gasteiger charge is -2.62. The topological polar surface area (TPSA) is 161 Å². The van der Waals surface area contributed by atoms with Gasteiger partial charge in [-0.25, -0.2) is 4.79 Å². The van der Waals surface area contributed by atoms with Crippen LogP contribution in [-0.4, -0.2) is 85.3 Å². The van der Waals surface area contributed by atoms with E-state index in [0.717, 1.165) is 6.92 Å². The predicted molar refractivity (Wildman–Crippen MR) is 164 cm³/mol. The van der Waals surface area contributed by atoms with Gasteiger partial charge in [0.1, 0.15) is 23.4 Å². The van der Waals surface area contributed by atoms with Gasteiger partial charge in [-0.1, -0.05) is 69.0 Å². The number of aliphatic hydroxyl groups is 4. The highest BCUT2D eigenvalue weighted by Crippen LogP contribution is 2.72. The number of esters is 2. The summed E-state index contributed by atoms with van der Waals surface area (Å²) in [5, 5.41) is 49.2. The van der Waals surface area contributed by atoms with Crippen molar-refractivity contribution in [1.82, 2.24) is 0 Å². The first-order valence-corrected chi connectivity index (χ1v) is 16.1. The zero-order valence-electron chi connectivity index (χ0n) is 27.0. The van der Waals surface area contributed by atoms with Crippen LogP contribution in [0.15, 0.2) is 72.8 Å². The molecule has 3 bridgehead atoms. The highest BCUT2D eigenvalue weighted by molar-refractivity contribution is 5.89. The van der Waals surface area contributed by atoms with Gasteiger partial charge in [0.25, 0.3) is 0 Å². The monoisotopic (exact) mass is 650 g/mol. The molecule has 14 unspecified atom stereocenters. The molecular formula is C36H42O11. The average molecular weight is 651 g/mol. The van der Waals surface area contributed by atoms with E-state index < -0.39 is 94.5 Å². The van der Waals surface area contributed by atoms with Gasteiger partial charge in [-0.2, -0.15) is 0 Å². The largest absolute Gasteiger partial charge is 0.456 e. The summed E-state index contributed by atoms with van der Waals surface area (Å²) < 4.78 is 32.9. The molecule has 3 saturated carbocycles. The van der Waals surface area contributed by atoms with E-state index in [0.29, 0.717) is 11.1 Å². The Morgan fingerprint density at radius 3 is 2.13 bits per heavy atom. The fourth-order valence-electron chi connectivity index (χ4n) is 9.69. The fraction of sp³-hybridized carbons (Fsp3) is 0.556. The van der Waals surface area contributed by atoms with Crippen LogP contribution in [0.5, 0.6) is 0 Å². The molecule has 5 fully saturated rings. The molecule has 2 aromatic carbocycles. The molecule has 5 aliphatic rings. The van der Waals surface area contributed by atoms with Gasteiger partial charge in [-0.3, -0.25) is 4.79 Å². The Balaban J connectivity index is 1.53.